The summed E-state index contributed by atoms with van der Waals surface area (Å²) in [7, 11) is 0. The lowest BCUT2D eigenvalue weighted by Crippen LogP contribution is -2.43. The zero-order chi connectivity index (χ0) is 15.2. The molecule has 5 nitrogen and oxygen atoms in total. The molecular weight excluding hydrogens is 290 g/mol. The van der Waals surface area contributed by atoms with Crippen LogP contribution in [-0.2, 0) is 0 Å². The summed E-state index contributed by atoms with van der Waals surface area (Å²) in [6.45, 7) is 1.93. The van der Waals surface area contributed by atoms with E-state index in [-0.39, 0.29) is 5.91 Å². The lowest BCUT2D eigenvalue weighted by molar-refractivity contribution is 0.0938. The molecule has 0 spiro atoms. The molecule has 0 saturated carbocycles. The Hall–Kier alpha value is -2.53. The number of nitrogens with one attached hydrogen (secondary N) is 3. The Bertz CT molecular complexity index is 639. The smallest absolute Gasteiger partial charge is 0.307 e. The molecule has 2 aromatic rings. The van der Waals surface area contributed by atoms with Crippen molar-refractivity contribution in [2.24, 2.45) is 0 Å². The van der Waals surface area contributed by atoms with Crippen molar-refractivity contribution in [3.05, 3.63) is 64.7 Å². The van der Waals surface area contributed by atoms with Crippen LogP contribution in [0, 0.1) is 6.92 Å². The molecule has 108 valence electrons. The molecule has 0 fully saturated rings. The Balaban J connectivity index is 1.84. The van der Waals surface area contributed by atoms with Gasteiger partial charge in [-0.25, -0.2) is 10.2 Å². The van der Waals surface area contributed by atoms with Gasteiger partial charge in [-0.05, 0) is 43.3 Å². The molecule has 21 heavy (non-hydrogen) atoms. The normalized spacial score (nSPS) is 9.81. The van der Waals surface area contributed by atoms with E-state index >= 15 is 0 Å². The predicted octanol–water partition coefficient (Wildman–Crippen LogP) is 3.11. The molecule has 0 aromatic heterocycles. The zero-order valence-electron chi connectivity index (χ0n) is 11.3. The maximum Gasteiger partial charge on any atom is 0.337 e. The Kier molecular flexibility index (Phi) is 4.79. The van der Waals surface area contributed by atoms with Gasteiger partial charge >= 0.3 is 6.03 Å². The molecule has 3 N–H and O–H groups in total. The lowest BCUT2D eigenvalue weighted by atomic mass is 10.1. The first-order valence-electron chi connectivity index (χ1n) is 6.24. The number of hydrogen-bond acceptors (Lipinski definition) is 2. The highest BCUT2D eigenvalue weighted by Crippen LogP contribution is 2.12. The van der Waals surface area contributed by atoms with E-state index < -0.39 is 6.03 Å². The van der Waals surface area contributed by atoms with Crippen molar-refractivity contribution in [1.29, 1.82) is 0 Å². The monoisotopic (exact) mass is 303 g/mol. The van der Waals surface area contributed by atoms with Crippen LogP contribution < -0.4 is 16.2 Å². The minimum atomic E-state index is -0.544. The highest BCUT2D eigenvalue weighted by Gasteiger charge is 2.06. The van der Waals surface area contributed by atoms with E-state index in [0.717, 1.165) is 5.56 Å². The van der Waals surface area contributed by atoms with E-state index in [4.69, 9.17) is 11.6 Å². The first-order valence-corrected chi connectivity index (χ1v) is 6.62. The van der Waals surface area contributed by atoms with Crippen LogP contribution in [0.15, 0.2) is 48.5 Å². The van der Waals surface area contributed by atoms with E-state index in [2.05, 4.69) is 16.2 Å². The summed E-state index contributed by atoms with van der Waals surface area (Å²) in [5.41, 5.74) is 6.69. The van der Waals surface area contributed by atoms with Gasteiger partial charge < -0.3 is 5.32 Å². The van der Waals surface area contributed by atoms with Gasteiger partial charge in [0, 0.05) is 16.3 Å². The number of rotatable bonds is 2. The Morgan fingerprint density at radius 1 is 0.905 bits per heavy atom. The second-order valence-electron chi connectivity index (χ2n) is 4.41. The number of halogens is 1. The lowest BCUT2D eigenvalue weighted by Gasteiger charge is -2.09. The summed E-state index contributed by atoms with van der Waals surface area (Å²) in [4.78, 5) is 23.4. The van der Waals surface area contributed by atoms with E-state index in [1.165, 1.54) is 0 Å². The van der Waals surface area contributed by atoms with Gasteiger partial charge in [-0.3, -0.25) is 10.2 Å². The number of urea groups is 1. The summed E-state index contributed by atoms with van der Waals surface area (Å²) in [5, 5.41) is 3.14. The van der Waals surface area contributed by atoms with Crippen molar-refractivity contribution < 1.29 is 9.59 Å². The molecule has 0 atom stereocenters. The van der Waals surface area contributed by atoms with Crippen molar-refractivity contribution in [1.82, 2.24) is 10.9 Å². The zero-order valence-corrected chi connectivity index (χ0v) is 12.1. The SMILES string of the molecule is Cc1ccc(C(=O)NNC(=O)Nc2ccc(Cl)cc2)cc1. The fourth-order valence-electron chi connectivity index (χ4n) is 1.59. The molecule has 0 unspecified atom stereocenters. The second-order valence-corrected chi connectivity index (χ2v) is 4.84. The molecule has 0 saturated heterocycles. The van der Waals surface area contributed by atoms with Crippen LogP contribution in [0.25, 0.3) is 0 Å². The molecular formula is C15H14ClN3O2. The summed E-state index contributed by atoms with van der Waals surface area (Å²) >= 11 is 5.74. The number of carbonyl (C=O) groups excluding carboxylic acids is 2. The van der Waals surface area contributed by atoms with E-state index in [0.29, 0.717) is 16.3 Å². The second kappa shape index (κ2) is 6.76. The van der Waals surface area contributed by atoms with Crippen LogP contribution in [0.1, 0.15) is 15.9 Å². The van der Waals surface area contributed by atoms with Crippen LogP contribution in [0.2, 0.25) is 5.02 Å². The number of amides is 3. The van der Waals surface area contributed by atoms with Crippen molar-refractivity contribution in [2.75, 3.05) is 5.32 Å². The van der Waals surface area contributed by atoms with Gasteiger partial charge in [0.25, 0.3) is 5.91 Å². The van der Waals surface area contributed by atoms with Crippen LogP contribution in [0.5, 0.6) is 0 Å². The quantitative estimate of drug-likeness (QED) is 0.746. The maximum absolute atomic E-state index is 11.8. The van der Waals surface area contributed by atoms with Gasteiger partial charge in [0.15, 0.2) is 0 Å². The average Bonchev–Trinajstić information content (AvgIpc) is 2.48. The molecule has 0 heterocycles. The molecule has 0 aliphatic carbocycles. The first kappa shape index (κ1) is 14.9. The van der Waals surface area contributed by atoms with Crippen LogP contribution in [-0.4, -0.2) is 11.9 Å². The number of carbonyl (C=O) groups is 2. The highest BCUT2D eigenvalue weighted by molar-refractivity contribution is 6.30. The van der Waals surface area contributed by atoms with Crippen molar-refractivity contribution >= 4 is 29.2 Å². The number of hydrazine groups is 1. The highest BCUT2D eigenvalue weighted by atomic mass is 35.5. The Morgan fingerprint density at radius 3 is 2.14 bits per heavy atom. The Morgan fingerprint density at radius 2 is 1.52 bits per heavy atom. The number of anilines is 1. The number of hydrogen-bond donors (Lipinski definition) is 3. The standard InChI is InChI=1S/C15H14ClN3O2/c1-10-2-4-11(5-3-10)14(20)18-19-15(21)17-13-8-6-12(16)7-9-13/h2-9H,1H3,(H,18,20)(H2,17,19,21). The minimum absolute atomic E-state index is 0.388. The molecule has 0 aliphatic heterocycles. The molecule has 2 rings (SSSR count). The third-order valence-corrected chi connectivity index (χ3v) is 2.96. The van der Waals surface area contributed by atoms with Gasteiger partial charge in [-0.15, -0.1) is 0 Å². The number of benzene rings is 2. The summed E-state index contributed by atoms with van der Waals surface area (Å²) in [6.07, 6.45) is 0. The van der Waals surface area contributed by atoms with Gasteiger partial charge in [-0.1, -0.05) is 29.3 Å². The van der Waals surface area contributed by atoms with E-state index in [1.54, 1.807) is 36.4 Å². The third kappa shape index (κ3) is 4.50. The topological polar surface area (TPSA) is 70.2 Å². The van der Waals surface area contributed by atoms with Crippen molar-refractivity contribution in [2.45, 2.75) is 6.92 Å². The molecule has 0 aliphatic rings. The van der Waals surface area contributed by atoms with Gasteiger partial charge in [0.1, 0.15) is 0 Å². The molecule has 6 heteroatoms. The largest absolute Gasteiger partial charge is 0.337 e. The van der Waals surface area contributed by atoms with Crippen LogP contribution >= 0.6 is 11.6 Å². The van der Waals surface area contributed by atoms with Crippen LogP contribution in [0.3, 0.4) is 0 Å². The van der Waals surface area contributed by atoms with Crippen molar-refractivity contribution in [3.8, 4) is 0 Å². The van der Waals surface area contributed by atoms with Gasteiger partial charge in [-0.2, -0.15) is 0 Å². The summed E-state index contributed by atoms with van der Waals surface area (Å²) in [5.74, 6) is -0.388. The molecule has 0 bridgehead atoms. The molecule has 0 radical (unpaired) electrons. The summed E-state index contributed by atoms with van der Waals surface area (Å²) in [6, 6.07) is 13.1. The Labute approximate surface area is 127 Å². The maximum atomic E-state index is 11.8. The van der Waals surface area contributed by atoms with Crippen LogP contribution in [0.4, 0.5) is 10.5 Å². The minimum Gasteiger partial charge on any atom is -0.307 e. The van der Waals surface area contributed by atoms with Crippen molar-refractivity contribution in [3.63, 3.8) is 0 Å². The van der Waals surface area contributed by atoms with E-state index in [1.807, 2.05) is 19.1 Å². The fraction of sp³-hybridized carbons (Fsp3) is 0.0667. The number of aryl methyl sites for hydroxylation is 1. The predicted molar refractivity (Wildman–Crippen MR) is 82.3 cm³/mol. The third-order valence-electron chi connectivity index (χ3n) is 2.71. The first-order chi connectivity index (χ1) is 10.0. The fourth-order valence-corrected chi connectivity index (χ4v) is 1.71. The molecule has 3 amide bonds. The van der Waals surface area contributed by atoms with Gasteiger partial charge in [0.2, 0.25) is 0 Å². The summed E-state index contributed by atoms with van der Waals surface area (Å²) < 4.78 is 0. The van der Waals surface area contributed by atoms with Gasteiger partial charge in [0.05, 0.1) is 0 Å². The average molecular weight is 304 g/mol. The van der Waals surface area contributed by atoms with E-state index in [9.17, 15) is 9.59 Å². The molecule has 2 aromatic carbocycles.